The van der Waals surface area contributed by atoms with Gasteiger partial charge in [0.15, 0.2) is 0 Å². The van der Waals surface area contributed by atoms with Gasteiger partial charge < -0.3 is 4.74 Å². The summed E-state index contributed by atoms with van der Waals surface area (Å²) in [5.41, 5.74) is 0.559. The highest BCUT2D eigenvalue weighted by Crippen LogP contribution is 2.33. The van der Waals surface area contributed by atoms with Crippen LogP contribution in [0.3, 0.4) is 0 Å². The summed E-state index contributed by atoms with van der Waals surface area (Å²) < 4.78 is 5.13. The van der Waals surface area contributed by atoms with E-state index in [9.17, 15) is 9.59 Å². The lowest BCUT2D eigenvalue weighted by Crippen LogP contribution is -2.32. The quantitative estimate of drug-likeness (QED) is 0.787. The van der Waals surface area contributed by atoms with E-state index in [1.807, 2.05) is 6.07 Å². The van der Waals surface area contributed by atoms with E-state index in [2.05, 4.69) is 0 Å². The molecule has 20 heavy (non-hydrogen) atoms. The second kappa shape index (κ2) is 4.97. The Morgan fingerprint density at radius 2 is 2.10 bits per heavy atom. The number of nitriles is 1. The van der Waals surface area contributed by atoms with Crippen molar-refractivity contribution < 1.29 is 14.3 Å². The minimum Gasteiger partial charge on any atom is -0.495 e. The predicted octanol–water partition coefficient (Wildman–Crippen LogP) is 1.85. The molecule has 1 aliphatic rings. The van der Waals surface area contributed by atoms with Gasteiger partial charge in [-0.15, -0.1) is 0 Å². The molecule has 5 nitrogen and oxygen atoms in total. The van der Waals surface area contributed by atoms with Crippen LogP contribution in [0.1, 0.15) is 31.4 Å². The molecule has 1 aliphatic heterocycles. The van der Waals surface area contributed by atoms with Crippen molar-refractivity contribution >= 4 is 11.8 Å². The molecule has 0 atom stereocenters. The van der Waals surface area contributed by atoms with E-state index in [0.717, 1.165) is 5.56 Å². The summed E-state index contributed by atoms with van der Waals surface area (Å²) in [5.74, 6) is 0.123. The smallest absolute Gasteiger partial charge is 0.235 e. The molecule has 0 aromatic heterocycles. The number of methoxy groups -OCH3 is 1. The number of rotatable bonds is 3. The Morgan fingerprint density at radius 1 is 1.40 bits per heavy atom. The number of amides is 2. The Hall–Kier alpha value is -2.35. The Morgan fingerprint density at radius 3 is 2.60 bits per heavy atom. The van der Waals surface area contributed by atoms with Gasteiger partial charge in [-0.2, -0.15) is 5.26 Å². The van der Waals surface area contributed by atoms with Crippen molar-refractivity contribution in [1.29, 1.82) is 5.26 Å². The van der Waals surface area contributed by atoms with Crippen LogP contribution in [0.15, 0.2) is 18.2 Å². The number of nitrogens with zero attached hydrogens (tertiary/aromatic N) is 2. The molecule has 2 rings (SSSR count). The zero-order valence-corrected chi connectivity index (χ0v) is 11.8. The maximum Gasteiger partial charge on any atom is 0.235 e. The Balaban J connectivity index is 2.25. The van der Waals surface area contributed by atoms with Gasteiger partial charge in [0.05, 0.1) is 24.6 Å². The largest absolute Gasteiger partial charge is 0.495 e. The van der Waals surface area contributed by atoms with Crippen molar-refractivity contribution in [2.24, 2.45) is 5.41 Å². The van der Waals surface area contributed by atoms with Crippen LogP contribution in [-0.4, -0.2) is 23.8 Å². The Bertz CT molecular complexity index is 614. The average Bonchev–Trinajstić information content (AvgIpc) is 2.60. The number of carbonyl (C=O) groups excluding carboxylic acids is 2. The maximum absolute atomic E-state index is 12.1. The standard InChI is InChI=1S/C15H16N2O3/c1-15(2)7-13(18)17(14(15)19)9-10-4-5-11(8-16)12(6-10)20-3/h4-6H,7,9H2,1-3H3. The van der Waals surface area contributed by atoms with Crippen molar-refractivity contribution in [1.82, 2.24) is 4.90 Å². The maximum atomic E-state index is 12.1. The lowest BCUT2D eigenvalue weighted by atomic mass is 9.92. The molecule has 0 bridgehead atoms. The molecule has 0 radical (unpaired) electrons. The lowest BCUT2D eigenvalue weighted by Gasteiger charge is -2.18. The van der Waals surface area contributed by atoms with Crippen LogP contribution in [0.2, 0.25) is 0 Å². The summed E-state index contributed by atoms with van der Waals surface area (Å²) >= 11 is 0. The molecule has 104 valence electrons. The third-order valence-electron chi connectivity index (χ3n) is 3.45. The topological polar surface area (TPSA) is 70.4 Å². The minimum absolute atomic E-state index is 0.161. The summed E-state index contributed by atoms with van der Waals surface area (Å²) in [5, 5.41) is 8.93. The van der Waals surface area contributed by atoms with E-state index in [0.29, 0.717) is 11.3 Å². The van der Waals surface area contributed by atoms with Crippen molar-refractivity contribution in [3.8, 4) is 11.8 Å². The van der Waals surface area contributed by atoms with E-state index in [1.54, 1.807) is 32.0 Å². The number of hydrogen-bond donors (Lipinski definition) is 0. The molecule has 0 saturated carbocycles. The van der Waals surface area contributed by atoms with Crippen molar-refractivity contribution in [2.45, 2.75) is 26.8 Å². The fourth-order valence-corrected chi connectivity index (χ4v) is 2.30. The van der Waals surface area contributed by atoms with Gasteiger partial charge in [-0.3, -0.25) is 14.5 Å². The molecule has 2 amide bonds. The molecule has 0 unspecified atom stereocenters. The minimum atomic E-state index is -0.631. The summed E-state index contributed by atoms with van der Waals surface area (Å²) in [7, 11) is 1.48. The second-order valence-electron chi connectivity index (χ2n) is 5.49. The molecular weight excluding hydrogens is 256 g/mol. The average molecular weight is 272 g/mol. The Kier molecular flexibility index (Phi) is 3.49. The SMILES string of the molecule is COc1cc(CN2C(=O)CC(C)(C)C2=O)ccc1C#N. The summed E-state index contributed by atoms with van der Waals surface area (Å²) in [6.45, 7) is 3.75. The van der Waals surface area contributed by atoms with Crippen LogP contribution in [0, 0.1) is 16.7 Å². The first-order chi connectivity index (χ1) is 9.39. The van der Waals surface area contributed by atoms with E-state index < -0.39 is 5.41 Å². The zero-order chi connectivity index (χ0) is 14.9. The number of likely N-dealkylation sites (tertiary alicyclic amines) is 1. The fourth-order valence-electron chi connectivity index (χ4n) is 2.30. The molecule has 0 N–H and O–H groups in total. The van der Waals surface area contributed by atoms with Gasteiger partial charge in [-0.1, -0.05) is 19.9 Å². The first-order valence-corrected chi connectivity index (χ1v) is 6.31. The van der Waals surface area contributed by atoms with Crippen LogP contribution >= 0.6 is 0 Å². The lowest BCUT2D eigenvalue weighted by molar-refractivity contribution is -0.141. The molecule has 1 aromatic carbocycles. The third-order valence-corrected chi connectivity index (χ3v) is 3.45. The number of carbonyl (C=O) groups is 2. The molecule has 1 heterocycles. The highest BCUT2D eigenvalue weighted by molar-refractivity contribution is 6.05. The van der Waals surface area contributed by atoms with Crippen molar-refractivity contribution in [2.75, 3.05) is 7.11 Å². The van der Waals surface area contributed by atoms with Crippen LogP contribution < -0.4 is 4.74 Å². The molecule has 1 saturated heterocycles. The van der Waals surface area contributed by atoms with E-state index in [-0.39, 0.29) is 24.8 Å². The van der Waals surface area contributed by atoms with E-state index in [1.165, 1.54) is 12.0 Å². The first-order valence-electron chi connectivity index (χ1n) is 6.31. The predicted molar refractivity (Wildman–Crippen MR) is 71.7 cm³/mol. The van der Waals surface area contributed by atoms with Gasteiger partial charge in [0, 0.05) is 6.42 Å². The highest BCUT2D eigenvalue weighted by atomic mass is 16.5. The normalized spacial score (nSPS) is 17.2. The first kappa shape index (κ1) is 14.1. The highest BCUT2D eigenvalue weighted by Gasteiger charge is 2.44. The molecule has 1 aromatic rings. The summed E-state index contributed by atoms with van der Waals surface area (Å²) in [6.07, 6.45) is 0.235. The molecule has 0 aliphatic carbocycles. The van der Waals surface area contributed by atoms with Crippen molar-refractivity contribution in [3.63, 3.8) is 0 Å². The van der Waals surface area contributed by atoms with Crippen LogP contribution in [0.5, 0.6) is 5.75 Å². The van der Waals surface area contributed by atoms with Crippen LogP contribution in [0.4, 0.5) is 0 Å². The van der Waals surface area contributed by atoms with Gasteiger partial charge in [0.2, 0.25) is 11.8 Å². The number of hydrogen-bond acceptors (Lipinski definition) is 4. The van der Waals surface area contributed by atoms with Gasteiger partial charge in [0.25, 0.3) is 0 Å². The molecule has 1 fully saturated rings. The number of benzene rings is 1. The van der Waals surface area contributed by atoms with Crippen LogP contribution in [0.25, 0.3) is 0 Å². The molecule has 0 spiro atoms. The van der Waals surface area contributed by atoms with E-state index >= 15 is 0 Å². The fraction of sp³-hybridized carbons (Fsp3) is 0.400. The van der Waals surface area contributed by atoms with Gasteiger partial charge in [-0.05, 0) is 17.7 Å². The monoisotopic (exact) mass is 272 g/mol. The van der Waals surface area contributed by atoms with Gasteiger partial charge in [0.1, 0.15) is 11.8 Å². The summed E-state index contributed by atoms with van der Waals surface area (Å²) in [4.78, 5) is 25.3. The van der Waals surface area contributed by atoms with Gasteiger partial charge in [-0.25, -0.2) is 0 Å². The van der Waals surface area contributed by atoms with Gasteiger partial charge >= 0.3 is 0 Å². The van der Waals surface area contributed by atoms with E-state index in [4.69, 9.17) is 10.00 Å². The second-order valence-corrected chi connectivity index (χ2v) is 5.49. The third kappa shape index (κ3) is 2.37. The Labute approximate surface area is 117 Å². The number of imide groups is 1. The number of ether oxygens (including phenoxy) is 1. The van der Waals surface area contributed by atoms with Crippen molar-refractivity contribution in [3.05, 3.63) is 29.3 Å². The van der Waals surface area contributed by atoms with Crippen LogP contribution in [-0.2, 0) is 16.1 Å². The summed E-state index contributed by atoms with van der Waals surface area (Å²) in [6, 6.07) is 7.07. The molecular formula is C15H16N2O3. The molecule has 5 heteroatoms. The zero-order valence-electron chi connectivity index (χ0n) is 11.8.